The molecule has 0 spiro atoms. The van der Waals surface area contributed by atoms with E-state index in [0.717, 1.165) is 36.0 Å². The van der Waals surface area contributed by atoms with Crippen molar-refractivity contribution in [3.8, 4) is 0 Å². The van der Waals surface area contributed by atoms with Crippen molar-refractivity contribution in [2.75, 3.05) is 6.54 Å². The van der Waals surface area contributed by atoms with Gasteiger partial charge in [0.15, 0.2) is 11.4 Å². The Hall–Kier alpha value is -1.35. The van der Waals surface area contributed by atoms with Gasteiger partial charge in [0.25, 0.3) is 0 Å². The lowest BCUT2D eigenvalue weighted by atomic mass is 10.1. The van der Waals surface area contributed by atoms with Crippen LogP contribution in [0.4, 0.5) is 4.39 Å². The standard InChI is InChI=1S/C11H10FNO/c12-9-2-1-7-5-13-4-3-8-6-14-11(9)10(7)8/h1-2,6,13H,3-5H2. The second kappa shape index (κ2) is 2.82. The van der Waals surface area contributed by atoms with Crippen molar-refractivity contribution in [1.29, 1.82) is 0 Å². The van der Waals surface area contributed by atoms with E-state index in [4.69, 9.17) is 4.42 Å². The molecule has 3 heteroatoms. The number of rotatable bonds is 0. The van der Waals surface area contributed by atoms with Crippen LogP contribution in [0.15, 0.2) is 22.8 Å². The molecule has 1 aromatic heterocycles. The number of furan rings is 1. The normalized spacial score (nSPS) is 15.8. The zero-order valence-corrected chi connectivity index (χ0v) is 7.64. The van der Waals surface area contributed by atoms with Crippen molar-refractivity contribution >= 4 is 11.0 Å². The van der Waals surface area contributed by atoms with Gasteiger partial charge in [-0.1, -0.05) is 6.07 Å². The summed E-state index contributed by atoms with van der Waals surface area (Å²) in [6.45, 7) is 1.72. The summed E-state index contributed by atoms with van der Waals surface area (Å²) in [6.07, 6.45) is 2.58. The Morgan fingerprint density at radius 2 is 2.21 bits per heavy atom. The van der Waals surface area contributed by atoms with Crippen LogP contribution >= 0.6 is 0 Å². The molecule has 0 unspecified atom stereocenters. The van der Waals surface area contributed by atoms with E-state index in [2.05, 4.69) is 5.32 Å². The van der Waals surface area contributed by atoms with Gasteiger partial charge >= 0.3 is 0 Å². The fraction of sp³-hybridized carbons (Fsp3) is 0.273. The molecule has 0 saturated carbocycles. The van der Waals surface area contributed by atoms with E-state index in [1.165, 1.54) is 6.07 Å². The largest absolute Gasteiger partial charge is 0.461 e. The van der Waals surface area contributed by atoms with E-state index in [9.17, 15) is 4.39 Å². The summed E-state index contributed by atoms with van der Waals surface area (Å²) >= 11 is 0. The molecule has 0 bridgehead atoms. The molecule has 2 aromatic rings. The Morgan fingerprint density at radius 1 is 1.29 bits per heavy atom. The van der Waals surface area contributed by atoms with Gasteiger partial charge in [-0.25, -0.2) is 4.39 Å². The molecule has 0 radical (unpaired) electrons. The van der Waals surface area contributed by atoms with Crippen LogP contribution in [0.25, 0.3) is 11.0 Å². The molecular formula is C11H10FNO. The number of benzene rings is 1. The fourth-order valence-corrected chi connectivity index (χ4v) is 2.03. The summed E-state index contributed by atoms with van der Waals surface area (Å²) in [7, 11) is 0. The first-order valence-corrected chi connectivity index (χ1v) is 4.74. The van der Waals surface area contributed by atoms with Crippen molar-refractivity contribution in [2.24, 2.45) is 0 Å². The van der Waals surface area contributed by atoms with Gasteiger partial charge in [0.1, 0.15) is 0 Å². The summed E-state index contributed by atoms with van der Waals surface area (Å²) < 4.78 is 18.6. The maximum atomic E-state index is 13.4. The number of hydrogen-bond donors (Lipinski definition) is 1. The number of nitrogens with one attached hydrogen (secondary N) is 1. The molecule has 0 saturated heterocycles. The molecule has 0 aliphatic carbocycles. The zero-order chi connectivity index (χ0) is 9.54. The molecule has 1 aliphatic rings. The maximum Gasteiger partial charge on any atom is 0.170 e. The highest BCUT2D eigenvalue weighted by molar-refractivity contribution is 5.85. The van der Waals surface area contributed by atoms with E-state index in [1.54, 1.807) is 6.26 Å². The monoisotopic (exact) mass is 191 g/mol. The molecular weight excluding hydrogens is 181 g/mol. The van der Waals surface area contributed by atoms with E-state index in [-0.39, 0.29) is 5.82 Å². The summed E-state index contributed by atoms with van der Waals surface area (Å²) in [5.74, 6) is -0.267. The van der Waals surface area contributed by atoms with Gasteiger partial charge in [0.05, 0.1) is 6.26 Å². The second-order valence-corrected chi connectivity index (χ2v) is 3.60. The molecule has 2 heterocycles. The van der Waals surface area contributed by atoms with Gasteiger partial charge in [-0.15, -0.1) is 0 Å². The molecule has 0 amide bonds. The third-order valence-electron chi connectivity index (χ3n) is 2.72. The third kappa shape index (κ3) is 0.990. The molecule has 1 aliphatic heterocycles. The van der Waals surface area contributed by atoms with Crippen LogP contribution in [0.1, 0.15) is 11.1 Å². The highest BCUT2D eigenvalue weighted by atomic mass is 19.1. The van der Waals surface area contributed by atoms with Crippen LogP contribution in [0, 0.1) is 5.82 Å². The molecule has 14 heavy (non-hydrogen) atoms. The summed E-state index contributed by atoms with van der Waals surface area (Å²) in [6, 6.07) is 3.30. The Kier molecular flexibility index (Phi) is 1.61. The minimum atomic E-state index is -0.267. The Labute approximate surface area is 80.7 Å². The topological polar surface area (TPSA) is 25.2 Å². The molecule has 0 atom stereocenters. The number of halogens is 1. The fourth-order valence-electron chi connectivity index (χ4n) is 2.03. The predicted molar refractivity (Wildman–Crippen MR) is 51.6 cm³/mol. The Bertz CT molecular complexity index is 489. The molecule has 0 fully saturated rings. The smallest absolute Gasteiger partial charge is 0.170 e. The summed E-state index contributed by atoms with van der Waals surface area (Å²) in [4.78, 5) is 0. The summed E-state index contributed by atoms with van der Waals surface area (Å²) in [5.41, 5.74) is 2.64. The predicted octanol–water partition coefficient (Wildman–Crippen LogP) is 2.22. The highest BCUT2D eigenvalue weighted by Crippen LogP contribution is 2.28. The Balaban J connectivity index is 2.41. The highest BCUT2D eigenvalue weighted by Gasteiger charge is 2.16. The average molecular weight is 191 g/mol. The Morgan fingerprint density at radius 3 is 3.14 bits per heavy atom. The van der Waals surface area contributed by atoms with Crippen molar-refractivity contribution < 1.29 is 8.81 Å². The zero-order valence-electron chi connectivity index (χ0n) is 7.64. The van der Waals surface area contributed by atoms with Gasteiger partial charge in [0.2, 0.25) is 0 Å². The van der Waals surface area contributed by atoms with Crippen LogP contribution in [0.5, 0.6) is 0 Å². The lowest BCUT2D eigenvalue weighted by molar-refractivity contribution is 0.555. The summed E-state index contributed by atoms with van der Waals surface area (Å²) in [5, 5.41) is 4.26. The van der Waals surface area contributed by atoms with Crippen LogP contribution in [-0.4, -0.2) is 6.54 Å². The van der Waals surface area contributed by atoms with Gasteiger partial charge in [-0.3, -0.25) is 0 Å². The van der Waals surface area contributed by atoms with E-state index in [1.807, 2.05) is 6.07 Å². The van der Waals surface area contributed by atoms with Crippen LogP contribution in [0.3, 0.4) is 0 Å². The second-order valence-electron chi connectivity index (χ2n) is 3.60. The minimum absolute atomic E-state index is 0.267. The van der Waals surface area contributed by atoms with E-state index in [0.29, 0.717) is 5.58 Å². The van der Waals surface area contributed by atoms with Gasteiger partial charge in [-0.2, -0.15) is 0 Å². The van der Waals surface area contributed by atoms with Gasteiger partial charge < -0.3 is 9.73 Å². The lowest BCUT2D eigenvalue weighted by Gasteiger charge is -2.01. The SMILES string of the molecule is Fc1ccc2c3c(coc13)CCNC2. The van der Waals surface area contributed by atoms with Crippen LogP contribution in [-0.2, 0) is 13.0 Å². The molecule has 1 aromatic carbocycles. The third-order valence-corrected chi connectivity index (χ3v) is 2.72. The van der Waals surface area contributed by atoms with Gasteiger partial charge in [-0.05, 0) is 30.2 Å². The first-order valence-electron chi connectivity index (χ1n) is 4.74. The van der Waals surface area contributed by atoms with Crippen molar-refractivity contribution in [3.05, 3.63) is 35.3 Å². The molecule has 3 rings (SSSR count). The van der Waals surface area contributed by atoms with Crippen LogP contribution in [0.2, 0.25) is 0 Å². The van der Waals surface area contributed by atoms with E-state index < -0.39 is 0 Å². The van der Waals surface area contributed by atoms with Gasteiger partial charge in [0, 0.05) is 11.9 Å². The first-order chi connectivity index (χ1) is 6.86. The van der Waals surface area contributed by atoms with Crippen molar-refractivity contribution in [1.82, 2.24) is 5.32 Å². The van der Waals surface area contributed by atoms with Crippen LogP contribution < -0.4 is 5.32 Å². The average Bonchev–Trinajstić information content (AvgIpc) is 2.51. The number of hydrogen-bond acceptors (Lipinski definition) is 2. The molecule has 72 valence electrons. The molecule has 2 nitrogen and oxygen atoms in total. The van der Waals surface area contributed by atoms with Crippen molar-refractivity contribution in [2.45, 2.75) is 13.0 Å². The van der Waals surface area contributed by atoms with Crippen molar-refractivity contribution in [3.63, 3.8) is 0 Å². The van der Waals surface area contributed by atoms with E-state index >= 15 is 0 Å². The quantitative estimate of drug-likeness (QED) is 0.690. The molecule has 1 N–H and O–H groups in total. The minimum Gasteiger partial charge on any atom is -0.461 e. The first kappa shape index (κ1) is 8.00. The lowest BCUT2D eigenvalue weighted by Crippen LogP contribution is -2.13. The maximum absolute atomic E-state index is 13.4.